The summed E-state index contributed by atoms with van der Waals surface area (Å²) < 4.78 is 10.5. The van der Waals surface area contributed by atoms with Crippen LogP contribution in [0.15, 0.2) is 116 Å². The lowest BCUT2D eigenvalue weighted by Gasteiger charge is -2.28. The number of aromatic nitrogens is 4. The molecule has 14 heteroatoms. The summed E-state index contributed by atoms with van der Waals surface area (Å²) in [6, 6.07) is 30.7. The van der Waals surface area contributed by atoms with Gasteiger partial charge in [0.2, 0.25) is 11.8 Å². The molecule has 4 aromatic carbocycles. The van der Waals surface area contributed by atoms with Crippen LogP contribution in [0, 0.1) is 0 Å². The first kappa shape index (κ1) is 41.3. The summed E-state index contributed by atoms with van der Waals surface area (Å²) in [5, 5.41) is 16.8. The van der Waals surface area contributed by atoms with Crippen molar-refractivity contribution in [3.63, 3.8) is 0 Å². The molecule has 2 aliphatic heterocycles. The number of nitrogens with one attached hydrogen (secondary N) is 4. The average molecular weight is 823 g/mol. The molecule has 4 atom stereocenters. The third-order valence-corrected chi connectivity index (χ3v) is 11.6. The average Bonchev–Trinajstić information content (AvgIpc) is 4.15. The standard InChI is InChI=1S/C47H50N8O6/c1-60-28-50-41(32-11-5-3-6-12-32)45(56)54-23-9-15-39(54)43-48-26-37(52-43)31-19-17-30(18-20-31)35-22-21-34(25-36(35)47(58)59)38-27-49-44(53-38)40-16-10-24-55(40)46(57)42(51-29-61-2)33-13-7-4-8-14-33/h3-8,11-14,17-22,25-27,39-42,50-51H,9-10,15-16,23-24,28-29H2,1-2H3,(H,48,52)(H,49,53)(H,58,59)/t39-,40-,41+,42+/m0/s1. The van der Waals surface area contributed by atoms with E-state index in [2.05, 4.69) is 25.6 Å². The molecule has 14 nitrogen and oxygen atoms in total. The zero-order valence-corrected chi connectivity index (χ0v) is 34.2. The van der Waals surface area contributed by atoms with E-state index in [1.807, 2.05) is 107 Å². The minimum absolute atomic E-state index is 0.0300. The van der Waals surface area contributed by atoms with Crippen LogP contribution in [0.1, 0.15) is 83.0 Å². The van der Waals surface area contributed by atoms with Gasteiger partial charge >= 0.3 is 5.97 Å². The number of nitrogens with zero attached hydrogens (tertiary/aromatic N) is 4. The van der Waals surface area contributed by atoms with Gasteiger partial charge in [0.25, 0.3) is 0 Å². The molecule has 61 heavy (non-hydrogen) atoms. The summed E-state index contributed by atoms with van der Waals surface area (Å²) in [7, 11) is 3.18. The minimum atomic E-state index is -1.05. The van der Waals surface area contributed by atoms with Gasteiger partial charge in [0.15, 0.2) is 0 Å². The summed E-state index contributed by atoms with van der Waals surface area (Å²) >= 11 is 0. The highest BCUT2D eigenvalue weighted by Gasteiger charge is 2.37. The number of benzene rings is 4. The molecule has 2 amide bonds. The Morgan fingerprint density at radius 1 is 0.672 bits per heavy atom. The van der Waals surface area contributed by atoms with Gasteiger partial charge in [-0.05, 0) is 59.6 Å². The maximum absolute atomic E-state index is 14.0. The number of aromatic carboxylic acids is 1. The molecule has 0 saturated carbocycles. The van der Waals surface area contributed by atoms with Crippen molar-refractivity contribution in [1.29, 1.82) is 0 Å². The Bertz CT molecular complexity index is 2440. The number of carboxylic acid groups (broad SMARTS) is 1. The molecule has 314 valence electrons. The van der Waals surface area contributed by atoms with E-state index in [1.165, 1.54) is 0 Å². The van der Waals surface area contributed by atoms with E-state index >= 15 is 0 Å². The van der Waals surface area contributed by atoms with Crippen LogP contribution in [0.2, 0.25) is 0 Å². The van der Waals surface area contributed by atoms with Crippen LogP contribution >= 0.6 is 0 Å². The fourth-order valence-electron chi connectivity index (χ4n) is 8.56. The number of hydrogen-bond donors (Lipinski definition) is 5. The van der Waals surface area contributed by atoms with Crippen molar-refractivity contribution in [2.24, 2.45) is 0 Å². The number of imidazole rings is 2. The second kappa shape index (κ2) is 18.9. The van der Waals surface area contributed by atoms with Crippen LogP contribution in [-0.2, 0) is 19.1 Å². The van der Waals surface area contributed by atoms with Crippen LogP contribution in [0.5, 0.6) is 0 Å². The van der Waals surface area contributed by atoms with Crippen molar-refractivity contribution in [2.45, 2.75) is 49.9 Å². The fraction of sp³-hybridized carbons (Fsp3) is 0.298. The smallest absolute Gasteiger partial charge is 0.336 e. The molecule has 4 heterocycles. The second-order valence-electron chi connectivity index (χ2n) is 15.3. The maximum atomic E-state index is 14.0. The Morgan fingerprint density at radius 3 is 1.61 bits per heavy atom. The van der Waals surface area contributed by atoms with Gasteiger partial charge in [0, 0.05) is 32.9 Å². The lowest BCUT2D eigenvalue weighted by atomic mass is 9.95. The molecule has 6 aromatic rings. The number of ether oxygens (including phenoxy) is 2. The summed E-state index contributed by atoms with van der Waals surface area (Å²) in [6.07, 6.45) is 6.71. The van der Waals surface area contributed by atoms with E-state index in [0.717, 1.165) is 59.5 Å². The highest BCUT2D eigenvalue weighted by Crippen LogP contribution is 2.37. The van der Waals surface area contributed by atoms with Crippen molar-refractivity contribution in [3.8, 4) is 33.6 Å². The molecule has 0 radical (unpaired) electrons. The molecule has 2 aliphatic rings. The van der Waals surface area contributed by atoms with Crippen molar-refractivity contribution in [3.05, 3.63) is 144 Å². The van der Waals surface area contributed by atoms with E-state index < -0.39 is 18.1 Å². The van der Waals surface area contributed by atoms with Crippen LogP contribution < -0.4 is 10.6 Å². The van der Waals surface area contributed by atoms with Crippen molar-refractivity contribution < 1.29 is 29.0 Å². The quantitative estimate of drug-likeness (QED) is 0.0637. The number of carbonyl (C=O) groups is 3. The van der Waals surface area contributed by atoms with Gasteiger partial charge in [0.05, 0.1) is 54.9 Å². The summed E-state index contributed by atoms with van der Waals surface area (Å²) in [5.74, 6) is 0.233. The lowest BCUT2D eigenvalue weighted by Crippen LogP contribution is -2.41. The second-order valence-corrected chi connectivity index (χ2v) is 15.3. The highest BCUT2D eigenvalue weighted by molar-refractivity contribution is 5.97. The third kappa shape index (κ3) is 8.89. The molecule has 2 aromatic heterocycles. The lowest BCUT2D eigenvalue weighted by molar-refractivity contribution is -0.136. The van der Waals surface area contributed by atoms with Crippen LogP contribution in [0.3, 0.4) is 0 Å². The number of rotatable bonds is 16. The zero-order valence-electron chi connectivity index (χ0n) is 34.2. The number of hydrogen-bond acceptors (Lipinski definition) is 9. The van der Waals surface area contributed by atoms with E-state index in [-0.39, 0.29) is 42.9 Å². The summed E-state index contributed by atoms with van der Waals surface area (Å²) in [4.78, 5) is 60.6. The summed E-state index contributed by atoms with van der Waals surface area (Å²) in [6.45, 7) is 1.68. The SMILES string of the molecule is COCN[C@@H](C(=O)N1CCC[C@H]1c1ncc(-c2ccc(-c3ccc(-c4cnc([C@@H]5CCCN5C(=O)[C@H](NCOC)c5ccccc5)[nH]4)cc3C(=O)O)cc2)[nH]1)c1ccccc1. The molecule has 0 spiro atoms. The molecular weight excluding hydrogens is 773 g/mol. The Morgan fingerprint density at radius 2 is 1.13 bits per heavy atom. The Balaban J connectivity index is 0.973. The van der Waals surface area contributed by atoms with Crippen LogP contribution in [0.25, 0.3) is 33.6 Å². The fourth-order valence-corrected chi connectivity index (χ4v) is 8.56. The van der Waals surface area contributed by atoms with Crippen molar-refractivity contribution in [2.75, 3.05) is 40.8 Å². The first-order chi connectivity index (χ1) is 29.8. The normalized spacial score (nSPS) is 17.4. The van der Waals surface area contributed by atoms with Gasteiger partial charge in [-0.15, -0.1) is 0 Å². The molecular formula is C47H50N8O6. The highest BCUT2D eigenvalue weighted by atomic mass is 16.5. The Labute approximate surface area is 354 Å². The number of carboxylic acids is 1. The third-order valence-electron chi connectivity index (χ3n) is 11.6. The number of carbonyl (C=O) groups excluding carboxylic acids is 2. The van der Waals surface area contributed by atoms with E-state index in [0.29, 0.717) is 35.7 Å². The first-order valence-corrected chi connectivity index (χ1v) is 20.6. The first-order valence-electron chi connectivity index (χ1n) is 20.6. The number of H-pyrrole nitrogens is 2. The largest absolute Gasteiger partial charge is 0.478 e. The monoisotopic (exact) mass is 822 g/mol. The topological polar surface area (TPSA) is 178 Å². The molecule has 0 aliphatic carbocycles. The molecule has 5 N–H and O–H groups in total. The van der Waals surface area contributed by atoms with Gasteiger partial charge < -0.3 is 34.3 Å². The number of likely N-dealkylation sites (tertiary alicyclic amines) is 2. The van der Waals surface area contributed by atoms with Crippen LogP contribution in [-0.4, -0.2) is 93.4 Å². The zero-order chi connectivity index (χ0) is 42.3. The van der Waals surface area contributed by atoms with Gasteiger partial charge in [-0.3, -0.25) is 20.2 Å². The molecule has 8 rings (SSSR count). The summed E-state index contributed by atoms with van der Waals surface area (Å²) in [5.41, 5.74) is 6.21. The van der Waals surface area contributed by atoms with Crippen molar-refractivity contribution >= 4 is 17.8 Å². The molecule has 2 saturated heterocycles. The van der Waals surface area contributed by atoms with Gasteiger partial charge in [-0.1, -0.05) is 97.1 Å². The number of methoxy groups -OCH3 is 2. The predicted molar refractivity (Wildman–Crippen MR) is 230 cm³/mol. The maximum Gasteiger partial charge on any atom is 0.336 e. The number of amides is 2. The van der Waals surface area contributed by atoms with Crippen LogP contribution in [0.4, 0.5) is 0 Å². The van der Waals surface area contributed by atoms with Gasteiger partial charge in [0.1, 0.15) is 23.7 Å². The van der Waals surface area contributed by atoms with Crippen molar-refractivity contribution in [1.82, 2.24) is 40.4 Å². The molecule has 2 fully saturated rings. The Hall–Kier alpha value is -6.45. The number of aromatic amines is 2. The van der Waals surface area contributed by atoms with E-state index in [4.69, 9.17) is 14.5 Å². The molecule has 0 unspecified atom stereocenters. The van der Waals surface area contributed by atoms with Gasteiger partial charge in [-0.2, -0.15) is 0 Å². The minimum Gasteiger partial charge on any atom is -0.478 e. The van der Waals surface area contributed by atoms with E-state index in [1.54, 1.807) is 32.7 Å². The predicted octanol–water partition coefficient (Wildman–Crippen LogP) is 7.03. The van der Waals surface area contributed by atoms with E-state index in [9.17, 15) is 19.5 Å². The Kier molecular flexibility index (Phi) is 12.8. The molecule has 0 bridgehead atoms. The van der Waals surface area contributed by atoms with Gasteiger partial charge in [-0.25, -0.2) is 14.8 Å².